The lowest BCUT2D eigenvalue weighted by atomic mass is 10.2. The van der Waals surface area contributed by atoms with Crippen molar-refractivity contribution >= 4 is 35.6 Å². The lowest BCUT2D eigenvalue weighted by molar-refractivity contribution is -0.137. The number of aromatic nitrogens is 3. The number of anilines is 3. The van der Waals surface area contributed by atoms with Crippen LogP contribution in [0.25, 0.3) is 0 Å². The molecule has 45 heavy (non-hydrogen) atoms. The van der Waals surface area contributed by atoms with E-state index in [4.69, 9.17) is 29.2 Å². The molecule has 246 valence electrons. The number of amides is 3. The van der Waals surface area contributed by atoms with Crippen LogP contribution in [0.3, 0.4) is 0 Å². The highest BCUT2D eigenvalue weighted by atomic mass is 16.5. The maximum absolute atomic E-state index is 13.7. The molecule has 0 unspecified atom stereocenters. The average Bonchev–Trinajstić information content (AvgIpc) is 3.90. The molecule has 3 atom stereocenters. The number of rotatable bonds is 6. The summed E-state index contributed by atoms with van der Waals surface area (Å²) >= 11 is 0. The van der Waals surface area contributed by atoms with Gasteiger partial charge in [0.15, 0.2) is 0 Å². The first-order valence-corrected chi connectivity index (χ1v) is 16.7. The van der Waals surface area contributed by atoms with Gasteiger partial charge in [-0.05, 0) is 38.5 Å². The van der Waals surface area contributed by atoms with E-state index >= 15 is 0 Å². The van der Waals surface area contributed by atoms with Gasteiger partial charge >= 0.3 is 0 Å². The summed E-state index contributed by atoms with van der Waals surface area (Å²) in [5, 5.41) is 0. The maximum atomic E-state index is 13.7. The number of carbonyl (C=O) groups excluding carboxylic acids is 3. The number of hydrogen-bond donors (Lipinski definition) is 0. The van der Waals surface area contributed by atoms with Crippen molar-refractivity contribution in [2.24, 2.45) is 0 Å². The van der Waals surface area contributed by atoms with Crippen LogP contribution >= 0.6 is 0 Å². The molecule has 6 aliphatic heterocycles. The van der Waals surface area contributed by atoms with Gasteiger partial charge in [-0.2, -0.15) is 15.0 Å². The Labute approximate surface area is 263 Å². The molecule has 1 aromatic heterocycles. The molecule has 0 N–H and O–H groups in total. The zero-order chi connectivity index (χ0) is 30.8. The highest BCUT2D eigenvalue weighted by Crippen LogP contribution is 2.33. The van der Waals surface area contributed by atoms with Gasteiger partial charge in [-0.1, -0.05) is 0 Å². The molecule has 6 saturated heterocycles. The van der Waals surface area contributed by atoms with Crippen molar-refractivity contribution < 1.29 is 28.6 Å². The third-order valence-corrected chi connectivity index (χ3v) is 9.95. The van der Waals surface area contributed by atoms with Crippen LogP contribution in [0.1, 0.15) is 38.5 Å². The molecule has 0 aromatic carbocycles. The molecule has 1 aromatic rings. The van der Waals surface area contributed by atoms with Crippen molar-refractivity contribution in [1.82, 2.24) is 29.7 Å². The van der Waals surface area contributed by atoms with Crippen molar-refractivity contribution in [3.63, 3.8) is 0 Å². The fourth-order valence-corrected chi connectivity index (χ4v) is 7.50. The number of hydrogen-bond acceptors (Lipinski definition) is 12. The van der Waals surface area contributed by atoms with Crippen molar-refractivity contribution in [1.29, 1.82) is 0 Å². The van der Waals surface area contributed by atoms with Gasteiger partial charge in [0, 0.05) is 58.9 Å². The molecule has 6 aliphatic rings. The number of nitrogens with zero attached hydrogens (tertiary/aromatic N) is 9. The number of carbonyl (C=O) groups is 3. The SMILES string of the molecule is O=C([C@@H]1CCCN1c1nc(N2CCC[C@H]2C(=O)N2CCOCC2)nc(N2CCC[C@H]2C(=O)N2CCOCC2)n1)N1CCOCC1. The highest BCUT2D eigenvalue weighted by molar-refractivity contribution is 5.87. The summed E-state index contributed by atoms with van der Waals surface area (Å²) in [6.45, 7) is 8.66. The minimum atomic E-state index is -0.375. The van der Waals surface area contributed by atoms with Crippen molar-refractivity contribution in [2.45, 2.75) is 56.7 Å². The Morgan fingerprint density at radius 2 is 0.711 bits per heavy atom. The Morgan fingerprint density at radius 3 is 0.978 bits per heavy atom. The Balaban J connectivity index is 1.21. The zero-order valence-electron chi connectivity index (χ0n) is 26.1. The van der Waals surface area contributed by atoms with Crippen molar-refractivity contribution in [2.75, 3.05) is 113 Å². The van der Waals surface area contributed by atoms with E-state index in [2.05, 4.69) is 0 Å². The summed E-state index contributed by atoms with van der Waals surface area (Å²) in [6.07, 6.45) is 4.70. The summed E-state index contributed by atoms with van der Waals surface area (Å²) in [4.78, 5) is 67.8. The van der Waals surface area contributed by atoms with E-state index < -0.39 is 0 Å². The molecule has 15 heteroatoms. The predicted molar refractivity (Wildman–Crippen MR) is 163 cm³/mol. The van der Waals surface area contributed by atoms with Crippen LogP contribution in [0.4, 0.5) is 17.8 Å². The highest BCUT2D eigenvalue weighted by Gasteiger charge is 2.41. The Hall–Kier alpha value is -3.30. The largest absolute Gasteiger partial charge is 0.378 e. The van der Waals surface area contributed by atoms with Gasteiger partial charge in [0.05, 0.1) is 39.6 Å². The van der Waals surface area contributed by atoms with E-state index in [1.54, 1.807) is 0 Å². The van der Waals surface area contributed by atoms with E-state index in [9.17, 15) is 14.4 Å². The van der Waals surface area contributed by atoms with Crippen LogP contribution in [0.2, 0.25) is 0 Å². The third kappa shape index (κ3) is 6.26. The summed E-state index contributed by atoms with van der Waals surface area (Å²) < 4.78 is 16.5. The van der Waals surface area contributed by atoms with Gasteiger partial charge < -0.3 is 43.6 Å². The maximum Gasteiger partial charge on any atom is 0.245 e. The van der Waals surface area contributed by atoms with Crippen LogP contribution in [0.15, 0.2) is 0 Å². The second-order valence-electron chi connectivity index (χ2n) is 12.6. The van der Waals surface area contributed by atoms with Gasteiger partial charge in [0.25, 0.3) is 0 Å². The molecule has 0 aliphatic carbocycles. The first-order chi connectivity index (χ1) is 22.1. The van der Waals surface area contributed by atoms with Crippen LogP contribution in [-0.2, 0) is 28.6 Å². The van der Waals surface area contributed by atoms with Crippen molar-refractivity contribution in [3.8, 4) is 0 Å². The summed E-state index contributed by atoms with van der Waals surface area (Å²) in [5.41, 5.74) is 0. The smallest absolute Gasteiger partial charge is 0.245 e. The molecular weight excluding hydrogens is 582 g/mol. The second kappa shape index (κ2) is 13.6. The second-order valence-corrected chi connectivity index (χ2v) is 12.6. The lowest BCUT2D eigenvalue weighted by Crippen LogP contribution is -2.51. The van der Waals surface area contributed by atoms with E-state index in [1.807, 2.05) is 29.4 Å². The third-order valence-electron chi connectivity index (χ3n) is 9.95. The quantitative estimate of drug-likeness (QED) is 0.397. The molecule has 6 fully saturated rings. The molecule has 7 rings (SSSR count). The normalized spacial score (nSPS) is 27.9. The van der Waals surface area contributed by atoms with E-state index in [-0.39, 0.29) is 35.8 Å². The van der Waals surface area contributed by atoms with E-state index in [0.717, 1.165) is 38.5 Å². The molecule has 0 radical (unpaired) electrons. The van der Waals surface area contributed by atoms with Crippen molar-refractivity contribution in [3.05, 3.63) is 0 Å². The Bertz CT molecular complexity index is 1080. The fraction of sp³-hybridized carbons (Fsp3) is 0.800. The van der Waals surface area contributed by atoms with Gasteiger partial charge in [-0.15, -0.1) is 0 Å². The minimum Gasteiger partial charge on any atom is -0.378 e. The topological polar surface area (TPSA) is 137 Å². The van der Waals surface area contributed by atoms with Crippen LogP contribution < -0.4 is 14.7 Å². The van der Waals surface area contributed by atoms with Gasteiger partial charge in [-0.3, -0.25) is 14.4 Å². The molecule has 3 amide bonds. The lowest BCUT2D eigenvalue weighted by Gasteiger charge is -2.35. The molecular formula is C30H45N9O6. The standard InChI is InChI=1S/C30H45N9O6/c40-25(34-10-16-43-17-11-34)22-4-1-7-37(22)28-31-29(38-8-2-5-23(38)26(41)35-12-18-44-19-13-35)33-30(32-28)39-9-3-6-24(39)27(42)36-14-20-45-21-15-36/h22-24H,1-21H2/t22-,23-,24-/m0/s1. The Morgan fingerprint density at radius 1 is 0.444 bits per heavy atom. The van der Waals surface area contributed by atoms with Gasteiger partial charge in [-0.25, -0.2) is 0 Å². The predicted octanol–water partition coefficient (Wildman–Crippen LogP) is -0.646. The minimum absolute atomic E-state index is 0.0717. The number of morpholine rings is 3. The summed E-state index contributed by atoms with van der Waals surface area (Å²) in [7, 11) is 0. The van der Waals surface area contributed by atoms with Gasteiger partial charge in [0.1, 0.15) is 18.1 Å². The van der Waals surface area contributed by atoms with E-state index in [0.29, 0.717) is 116 Å². The summed E-state index contributed by atoms with van der Waals surface area (Å²) in [5.74, 6) is 1.53. The van der Waals surface area contributed by atoms with Crippen LogP contribution in [0.5, 0.6) is 0 Å². The first kappa shape index (κ1) is 30.4. The fourth-order valence-electron chi connectivity index (χ4n) is 7.50. The van der Waals surface area contributed by atoms with Crippen LogP contribution in [-0.4, -0.2) is 164 Å². The summed E-state index contributed by atoms with van der Waals surface area (Å²) in [6, 6.07) is -1.13. The van der Waals surface area contributed by atoms with Crippen LogP contribution in [0, 0.1) is 0 Å². The molecule has 7 heterocycles. The molecule has 0 spiro atoms. The van der Waals surface area contributed by atoms with Gasteiger partial charge in [0.2, 0.25) is 35.6 Å². The molecule has 0 bridgehead atoms. The monoisotopic (exact) mass is 627 g/mol. The Kier molecular flexibility index (Phi) is 9.17. The average molecular weight is 628 g/mol. The molecule has 15 nitrogen and oxygen atoms in total. The number of ether oxygens (including phenoxy) is 3. The zero-order valence-corrected chi connectivity index (χ0v) is 26.1. The molecule has 0 saturated carbocycles. The first-order valence-electron chi connectivity index (χ1n) is 16.7. The van der Waals surface area contributed by atoms with E-state index in [1.165, 1.54) is 0 Å².